The maximum atomic E-state index is 14.1. The third kappa shape index (κ3) is 5.56. The van der Waals surface area contributed by atoms with Crippen molar-refractivity contribution in [2.75, 3.05) is 26.2 Å². The summed E-state index contributed by atoms with van der Waals surface area (Å²) in [6, 6.07) is 21.3. The summed E-state index contributed by atoms with van der Waals surface area (Å²) in [6.45, 7) is 2.06. The molecule has 0 bridgehead atoms. The van der Waals surface area contributed by atoms with E-state index in [-0.39, 0.29) is 16.8 Å². The summed E-state index contributed by atoms with van der Waals surface area (Å²) in [5.74, 6) is -1.30. The van der Waals surface area contributed by atoms with Crippen LogP contribution in [0.25, 0.3) is 0 Å². The van der Waals surface area contributed by atoms with Crippen molar-refractivity contribution in [3.05, 3.63) is 101 Å². The first-order valence-electron chi connectivity index (χ1n) is 10.7. The molecule has 0 radical (unpaired) electrons. The van der Waals surface area contributed by atoms with Gasteiger partial charge in [-0.2, -0.15) is 0 Å². The van der Waals surface area contributed by atoms with Crippen LogP contribution in [0.2, 0.25) is 5.15 Å². The van der Waals surface area contributed by atoms with Gasteiger partial charge in [0.15, 0.2) is 11.5 Å². The molecule has 170 valence electrons. The number of nitrogens with zero attached hydrogens (tertiary/aromatic N) is 3. The second kappa shape index (κ2) is 10.6. The molecule has 8 heteroatoms. The lowest BCUT2D eigenvalue weighted by Gasteiger charge is -2.38. The van der Waals surface area contributed by atoms with Gasteiger partial charge in [0, 0.05) is 32.7 Å². The molecule has 2 aromatic carbocycles. The molecular formula is C25H24ClFN4O2. The highest BCUT2D eigenvalue weighted by Crippen LogP contribution is 2.24. The number of piperazine rings is 1. The monoisotopic (exact) mass is 466 g/mol. The Bertz CT molecular complexity index is 1110. The van der Waals surface area contributed by atoms with E-state index in [9.17, 15) is 14.0 Å². The zero-order valence-corrected chi connectivity index (χ0v) is 18.7. The summed E-state index contributed by atoms with van der Waals surface area (Å²) in [7, 11) is 0. The number of aromatic nitrogens is 1. The minimum Gasteiger partial charge on any atom is -0.350 e. The Balaban J connectivity index is 1.45. The molecule has 2 amide bonds. The summed E-state index contributed by atoms with van der Waals surface area (Å²) >= 11 is 5.84. The highest BCUT2D eigenvalue weighted by Gasteiger charge is 2.32. The number of carbonyl (C=O) groups excluding carboxylic acids is 2. The van der Waals surface area contributed by atoms with Crippen molar-refractivity contribution in [2.45, 2.75) is 12.6 Å². The third-order valence-electron chi connectivity index (χ3n) is 5.65. The first-order valence-corrected chi connectivity index (χ1v) is 11.1. The number of amides is 2. The van der Waals surface area contributed by atoms with Crippen molar-refractivity contribution in [1.82, 2.24) is 20.1 Å². The number of carbonyl (C=O) groups is 2. The average Bonchev–Trinajstić information content (AvgIpc) is 2.86. The van der Waals surface area contributed by atoms with Crippen molar-refractivity contribution in [2.24, 2.45) is 0 Å². The van der Waals surface area contributed by atoms with Crippen molar-refractivity contribution in [3.8, 4) is 0 Å². The van der Waals surface area contributed by atoms with Crippen LogP contribution in [0.1, 0.15) is 27.7 Å². The molecule has 1 saturated heterocycles. The van der Waals surface area contributed by atoms with Crippen LogP contribution in [0, 0.1) is 5.82 Å². The number of benzene rings is 2. The molecule has 0 aliphatic carbocycles. The molecule has 1 atom stereocenters. The van der Waals surface area contributed by atoms with Crippen molar-refractivity contribution < 1.29 is 14.0 Å². The lowest BCUT2D eigenvalue weighted by Crippen LogP contribution is -2.52. The molecule has 0 spiro atoms. The molecule has 1 aliphatic rings. The molecule has 1 N–H and O–H groups in total. The number of nitrogens with one attached hydrogen (secondary N) is 1. The third-order valence-corrected chi connectivity index (χ3v) is 5.86. The zero-order valence-electron chi connectivity index (χ0n) is 18.0. The molecule has 3 aromatic rings. The van der Waals surface area contributed by atoms with Crippen LogP contribution >= 0.6 is 11.6 Å². The van der Waals surface area contributed by atoms with Crippen molar-refractivity contribution in [3.63, 3.8) is 0 Å². The molecule has 0 unspecified atom stereocenters. The van der Waals surface area contributed by atoms with Gasteiger partial charge in [-0.15, -0.1) is 0 Å². The first kappa shape index (κ1) is 22.9. The highest BCUT2D eigenvalue weighted by atomic mass is 35.5. The maximum Gasteiger partial charge on any atom is 0.275 e. The fourth-order valence-electron chi connectivity index (χ4n) is 3.95. The second-order valence-corrected chi connectivity index (χ2v) is 8.20. The number of halogens is 2. The Labute approximate surface area is 197 Å². The van der Waals surface area contributed by atoms with Crippen LogP contribution in [0.15, 0.2) is 72.8 Å². The maximum absolute atomic E-state index is 14.1. The molecule has 6 nitrogen and oxygen atoms in total. The summed E-state index contributed by atoms with van der Waals surface area (Å²) < 4.78 is 14.1. The molecule has 0 saturated carbocycles. The number of pyridine rings is 1. The first-order chi connectivity index (χ1) is 16.0. The van der Waals surface area contributed by atoms with Crippen molar-refractivity contribution >= 4 is 23.4 Å². The fourth-order valence-corrected chi connectivity index (χ4v) is 4.09. The van der Waals surface area contributed by atoms with E-state index in [2.05, 4.69) is 10.3 Å². The lowest BCUT2D eigenvalue weighted by atomic mass is 10.0. The fraction of sp³-hybridized carbons (Fsp3) is 0.240. The zero-order chi connectivity index (χ0) is 23.2. The van der Waals surface area contributed by atoms with Gasteiger partial charge in [-0.05, 0) is 23.3 Å². The Morgan fingerprint density at radius 3 is 2.24 bits per heavy atom. The van der Waals surface area contributed by atoms with Gasteiger partial charge < -0.3 is 10.2 Å². The minimum atomic E-state index is -0.700. The Kier molecular flexibility index (Phi) is 7.32. The summed E-state index contributed by atoms with van der Waals surface area (Å²) in [4.78, 5) is 33.4. The van der Waals surface area contributed by atoms with Crippen molar-refractivity contribution in [1.29, 1.82) is 0 Å². The van der Waals surface area contributed by atoms with Crippen LogP contribution in [0.3, 0.4) is 0 Å². The topological polar surface area (TPSA) is 65.5 Å². The van der Waals surface area contributed by atoms with E-state index in [0.717, 1.165) is 17.2 Å². The Morgan fingerprint density at radius 1 is 0.939 bits per heavy atom. The van der Waals surface area contributed by atoms with Gasteiger partial charge in [0.25, 0.3) is 5.91 Å². The van der Waals surface area contributed by atoms with Gasteiger partial charge in [0.1, 0.15) is 11.2 Å². The predicted octanol–water partition coefficient (Wildman–Crippen LogP) is 3.69. The molecule has 2 heterocycles. The quantitative estimate of drug-likeness (QED) is 0.563. The highest BCUT2D eigenvalue weighted by molar-refractivity contribution is 6.29. The van der Waals surface area contributed by atoms with E-state index in [1.807, 2.05) is 65.6 Å². The minimum absolute atomic E-state index is 0.0672. The molecule has 1 aliphatic heterocycles. The van der Waals surface area contributed by atoms with Gasteiger partial charge in [0.2, 0.25) is 5.91 Å². The Morgan fingerprint density at radius 2 is 1.58 bits per heavy atom. The standard InChI is InChI=1S/C25H24ClFN4O2/c26-21-12-11-20(27)22(29-21)25(33)31-15-13-30(14-16-31)23(19-9-5-2-6-10-19)24(32)28-17-18-7-3-1-4-8-18/h1-12,23H,13-17H2,(H,28,32)/t23-/m1/s1. The second-order valence-electron chi connectivity index (χ2n) is 7.81. The van der Waals surface area contributed by atoms with Gasteiger partial charge in [-0.25, -0.2) is 9.37 Å². The van der Waals surface area contributed by atoms with Crippen LogP contribution in [0.5, 0.6) is 0 Å². The van der Waals surface area contributed by atoms with Crippen LogP contribution in [-0.2, 0) is 11.3 Å². The smallest absolute Gasteiger partial charge is 0.275 e. The number of rotatable bonds is 6. The van der Waals surface area contributed by atoms with Crippen LogP contribution in [0.4, 0.5) is 4.39 Å². The van der Waals surface area contributed by atoms with E-state index in [1.54, 1.807) is 4.90 Å². The largest absolute Gasteiger partial charge is 0.350 e. The van der Waals surface area contributed by atoms with Gasteiger partial charge in [0.05, 0.1) is 0 Å². The van der Waals surface area contributed by atoms with E-state index in [4.69, 9.17) is 11.6 Å². The summed E-state index contributed by atoms with van der Waals surface area (Å²) in [5, 5.41) is 3.10. The molecule has 33 heavy (non-hydrogen) atoms. The number of hydrogen-bond donors (Lipinski definition) is 1. The van der Waals surface area contributed by atoms with Gasteiger partial charge in [-0.1, -0.05) is 72.3 Å². The average molecular weight is 467 g/mol. The molecule has 1 fully saturated rings. The van der Waals surface area contributed by atoms with E-state index in [1.165, 1.54) is 6.07 Å². The lowest BCUT2D eigenvalue weighted by molar-refractivity contribution is -0.127. The predicted molar refractivity (Wildman–Crippen MR) is 124 cm³/mol. The SMILES string of the molecule is O=C(NCc1ccccc1)[C@@H](c1ccccc1)N1CCN(C(=O)c2nc(Cl)ccc2F)CC1. The number of hydrogen-bond acceptors (Lipinski definition) is 4. The summed E-state index contributed by atoms with van der Waals surface area (Å²) in [6.07, 6.45) is 0. The molecule has 1 aromatic heterocycles. The van der Waals surface area contributed by atoms with E-state index in [0.29, 0.717) is 32.7 Å². The Hall–Kier alpha value is -3.29. The van der Waals surface area contributed by atoms with Crippen LogP contribution < -0.4 is 5.32 Å². The summed E-state index contributed by atoms with van der Waals surface area (Å²) in [5.41, 5.74) is 1.62. The van der Waals surface area contributed by atoms with Gasteiger partial charge >= 0.3 is 0 Å². The molecular weight excluding hydrogens is 443 g/mol. The van der Waals surface area contributed by atoms with E-state index < -0.39 is 17.8 Å². The van der Waals surface area contributed by atoms with Gasteiger partial charge in [-0.3, -0.25) is 14.5 Å². The molecule has 4 rings (SSSR count). The normalized spacial score (nSPS) is 15.2. The van der Waals surface area contributed by atoms with E-state index >= 15 is 0 Å². The van der Waals surface area contributed by atoms with Crippen LogP contribution in [-0.4, -0.2) is 52.8 Å².